The second kappa shape index (κ2) is 3.85. The highest BCUT2D eigenvalue weighted by Crippen LogP contribution is 2.10. The third-order valence-corrected chi connectivity index (χ3v) is 2.42. The van der Waals surface area contributed by atoms with Gasteiger partial charge in [-0.3, -0.25) is 9.88 Å². The van der Waals surface area contributed by atoms with Crippen molar-refractivity contribution in [1.29, 1.82) is 0 Å². The Hall–Kier alpha value is -0.930. The lowest BCUT2D eigenvalue weighted by Gasteiger charge is -2.13. The Morgan fingerprint density at radius 2 is 2.46 bits per heavy atom. The van der Waals surface area contributed by atoms with Crippen LogP contribution < -0.4 is 5.73 Å². The van der Waals surface area contributed by atoms with E-state index in [1.807, 2.05) is 18.3 Å². The number of likely N-dealkylation sites (tertiary alicyclic amines) is 1. The normalized spacial score (nSPS) is 23.6. The zero-order valence-corrected chi connectivity index (χ0v) is 7.69. The zero-order valence-electron chi connectivity index (χ0n) is 7.69. The second-order valence-electron chi connectivity index (χ2n) is 3.60. The highest BCUT2D eigenvalue weighted by molar-refractivity contribution is 5.03. The van der Waals surface area contributed by atoms with Crippen LogP contribution in [-0.4, -0.2) is 29.0 Å². The van der Waals surface area contributed by atoms with Crippen LogP contribution in [0.5, 0.6) is 0 Å². The predicted molar refractivity (Wildman–Crippen MR) is 52.1 cm³/mol. The lowest BCUT2D eigenvalue weighted by atomic mass is 10.3. The van der Waals surface area contributed by atoms with Gasteiger partial charge in [0.1, 0.15) is 0 Å². The Morgan fingerprint density at radius 1 is 1.54 bits per heavy atom. The summed E-state index contributed by atoms with van der Waals surface area (Å²) in [5.74, 6) is 0. The first-order chi connectivity index (χ1) is 6.34. The number of nitrogens with two attached hydrogens (primary N) is 1. The molecule has 0 radical (unpaired) electrons. The van der Waals surface area contributed by atoms with Crippen molar-refractivity contribution in [2.75, 3.05) is 13.1 Å². The molecule has 3 nitrogen and oxygen atoms in total. The van der Waals surface area contributed by atoms with Crippen molar-refractivity contribution in [3.8, 4) is 0 Å². The van der Waals surface area contributed by atoms with Crippen molar-refractivity contribution in [3.63, 3.8) is 0 Å². The topological polar surface area (TPSA) is 42.1 Å². The minimum absolute atomic E-state index is 0.365. The summed E-state index contributed by atoms with van der Waals surface area (Å²) in [6.45, 7) is 3.06. The van der Waals surface area contributed by atoms with Gasteiger partial charge >= 0.3 is 0 Å². The van der Waals surface area contributed by atoms with E-state index in [1.165, 1.54) is 0 Å². The van der Waals surface area contributed by atoms with Crippen molar-refractivity contribution in [2.24, 2.45) is 5.73 Å². The van der Waals surface area contributed by atoms with Gasteiger partial charge in [-0.25, -0.2) is 0 Å². The Labute approximate surface area is 78.6 Å². The smallest absolute Gasteiger partial charge is 0.0543 e. The zero-order chi connectivity index (χ0) is 9.10. The van der Waals surface area contributed by atoms with E-state index >= 15 is 0 Å². The molecule has 2 heterocycles. The van der Waals surface area contributed by atoms with Gasteiger partial charge in [0.15, 0.2) is 0 Å². The fourth-order valence-corrected chi connectivity index (χ4v) is 1.73. The molecule has 13 heavy (non-hydrogen) atoms. The third kappa shape index (κ3) is 2.26. The summed E-state index contributed by atoms with van der Waals surface area (Å²) >= 11 is 0. The van der Waals surface area contributed by atoms with Gasteiger partial charge in [-0.1, -0.05) is 6.07 Å². The minimum atomic E-state index is 0.365. The Balaban J connectivity index is 1.92. The Morgan fingerprint density at radius 3 is 3.08 bits per heavy atom. The molecule has 0 bridgehead atoms. The number of rotatable bonds is 2. The molecule has 0 saturated carbocycles. The number of nitrogens with zero attached hydrogens (tertiary/aromatic N) is 2. The SMILES string of the molecule is NC1CCN(Cc2ccccn2)C1. The van der Waals surface area contributed by atoms with Crippen molar-refractivity contribution < 1.29 is 0 Å². The van der Waals surface area contributed by atoms with Crippen LogP contribution in [0.15, 0.2) is 24.4 Å². The maximum Gasteiger partial charge on any atom is 0.0543 e. The molecule has 0 aliphatic carbocycles. The molecule has 1 aromatic heterocycles. The van der Waals surface area contributed by atoms with Crippen LogP contribution in [-0.2, 0) is 6.54 Å². The molecule has 1 aliphatic rings. The van der Waals surface area contributed by atoms with Crippen LogP contribution >= 0.6 is 0 Å². The fraction of sp³-hybridized carbons (Fsp3) is 0.500. The van der Waals surface area contributed by atoms with Crippen molar-refractivity contribution in [3.05, 3.63) is 30.1 Å². The maximum absolute atomic E-state index is 5.82. The van der Waals surface area contributed by atoms with Crippen LogP contribution in [0.1, 0.15) is 12.1 Å². The summed E-state index contributed by atoms with van der Waals surface area (Å²) in [6, 6.07) is 6.39. The summed E-state index contributed by atoms with van der Waals surface area (Å²) in [6.07, 6.45) is 2.96. The molecule has 70 valence electrons. The minimum Gasteiger partial charge on any atom is -0.326 e. The monoisotopic (exact) mass is 177 g/mol. The Bertz CT molecular complexity index is 260. The standard InChI is InChI=1S/C10H15N3/c11-9-4-6-13(7-9)8-10-3-1-2-5-12-10/h1-3,5,9H,4,6-8,11H2. The quantitative estimate of drug-likeness (QED) is 0.720. The van der Waals surface area contributed by atoms with Crippen molar-refractivity contribution in [2.45, 2.75) is 19.0 Å². The average molecular weight is 177 g/mol. The van der Waals surface area contributed by atoms with Gasteiger partial charge < -0.3 is 5.73 Å². The van der Waals surface area contributed by atoms with E-state index in [1.54, 1.807) is 0 Å². The summed E-state index contributed by atoms with van der Waals surface area (Å²) in [4.78, 5) is 6.64. The number of hydrogen-bond donors (Lipinski definition) is 1. The van der Waals surface area contributed by atoms with E-state index < -0.39 is 0 Å². The largest absolute Gasteiger partial charge is 0.326 e. The van der Waals surface area contributed by atoms with Gasteiger partial charge in [-0.15, -0.1) is 0 Å². The molecule has 3 heteroatoms. The molecule has 2 rings (SSSR count). The summed E-state index contributed by atoms with van der Waals surface area (Å²) in [5.41, 5.74) is 6.95. The van der Waals surface area contributed by atoms with Gasteiger partial charge in [0, 0.05) is 31.9 Å². The highest BCUT2D eigenvalue weighted by Gasteiger charge is 2.18. The van der Waals surface area contributed by atoms with Gasteiger partial charge in [0.2, 0.25) is 0 Å². The van der Waals surface area contributed by atoms with E-state index in [9.17, 15) is 0 Å². The molecular weight excluding hydrogens is 162 g/mol. The van der Waals surface area contributed by atoms with E-state index in [4.69, 9.17) is 5.73 Å². The van der Waals surface area contributed by atoms with E-state index in [0.717, 1.165) is 31.7 Å². The lowest BCUT2D eigenvalue weighted by Crippen LogP contribution is -2.26. The third-order valence-electron chi connectivity index (χ3n) is 2.42. The lowest BCUT2D eigenvalue weighted by molar-refractivity contribution is 0.323. The van der Waals surface area contributed by atoms with Crippen LogP contribution in [0.4, 0.5) is 0 Å². The molecule has 1 fully saturated rings. The van der Waals surface area contributed by atoms with Crippen molar-refractivity contribution >= 4 is 0 Å². The van der Waals surface area contributed by atoms with Gasteiger partial charge in [-0.2, -0.15) is 0 Å². The number of pyridine rings is 1. The van der Waals surface area contributed by atoms with Crippen LogP contribution in [0.2, 0.25) is 0 Å². The molecular formula is C10H15N3. The molecule has 0 amide bonds. The summed E-state index contributed by atoms with van der Waals surface area (Å²) in [5, 5.41) is 0. The van der Waals surface area contributed by atoms with E-state index in [0.29, 0.717) is 6.04 Å². The van der Waals surface area contributed by atoms with Crippen LogP contribution in [0.3, 0.4) is 0 Å². The Kier molecular flexibility index (Phi) is 2.57. The van der Waals surface area contributed by atoms with Crippen LogP contribution in [0, 0.1) is 0 Å². The van der Waals surface area contributed by atoms with Gasteiger partial charge in [0.25, 0.3) is 0 Å². The first kappa shape index (κ1) is 8.66. The first-order valence-electron chi connectivity index (χ1n) is 4.72. The van der Waals surface area contributed by atoms with Gasteiger partial charge in [-0.05, 0) is 18.6 Å². The highest BCUT2D eigenvalue weighted by atomic mass is 15.2. The molecule has 2 N–H and O–H groups in total. The second-order valence-corrected chi connectivity index (χ2v) is 3.60. The molecule has 1 aliphatic heterocycles. The summed E-state index contributed by atoms with van der Waals surface area (Å²) < 4.78 is 0. The molecule has 1 unspecified atom stereocenters. The van der Waals surface area contributed by atoms with Crippen LogP contribution in [0.25, 0.3) is 0 Å². The molecule has 1 atom stereocenters. The molecule has 0 aromatic carbocycles. The van der Waals surface area contributed by atoms with Crippen molar-refractivity contribution in [1.82, 2.24) is 9.88 Å². The molecule has 1 saturated heterocycles. The summed E-state index contributed by atoms with van der Waals surface area (Å²) in [7, 11) is 0. The van der Waals surface area contributed by atoms with E-state index in [2.05, 4.69) is 16.0 Å². The maximum atomic E-state index is 5.82. The number of hydrogen-bond acceptors (Lipinski definition) is 3. The molecule has 0 spiro atoms. The fourth-order valence-electron chi connectivity index (χ4n) is 1.73. The van der Waals surface area contributed by atoms with Gasteiger partial charge in [0.05, 0.1) is 5.69 Å². The molecule has 1 aromatic rings. The average Bonchev–Trinajstić information content (AvgIpc) is 2.53. The first-order valence-corrected chi connectivity index (χ1v) is 4.72. The predicted octanol–water partition coefficient (Wildman–Crippen LogP) is 0.615. The van der Waals surface area contributed by atoms with E-state index in [-0.39, 0.29) is 0 Å². The number of aromatic nitrogens is 1.